The van der Waals surface area contributed by atoms with Crippen molar-refractivity contribution in [1.82, 2.24) is 0 Å². The van der Waals surface area contributed by atoms with Crippen LogP contribution >= 0.6 is 22.6 Å². The largest absolute Gasteiger partial charge is 0.330 e. The van der Waals surface area contributed by atoms with Gasteiger partial charge < -0.3 is 5.73 Å². The summed E-state index contributed by atoms with van der Waals surface area (Å²) in [7, 11) is 0. The number of halogens is 1. The molecule has 2 heteroatoms. The van der Waals surface area contributed by atoms with Gasteiger partial charge in [-0.1, -0.05) is 36.4 Å². The summed E-state index contributed by atoms with van der Waals surface area (Å²) < 4.78 is 1.20. The van der Waals surface area contributed by atoms with Crippen LogP contribution in [0.5, 0.6) is 0 Å². The molecule has 1 nitrogen and oxygen atoms in total. The average molecular weight is 241 g/mol. The zero-order chi connectivity index (χ0) is 7.28. The van der Waals surface area contributed by atoms with Crippen molar-refractivity contribution in [2.75, 3.05) is 11.0 Å². The third-order valence-electron chi connectivity index (χ3n) is 1.36. The van der Waals surface area contributed by atoms with Crippen molar-refractivity contribution in [2.24, 2.45) is 17.6 Å². The molecule has 1 unspecified atom stereocenters. The third-order valence-corrected chi connectivity index (χ3v) is 2.60. The van der Waals surface area contributed by atoms with Gasteiger partial charge in [-0.2, -0.15) is 0 Å². The normalized spacial score (nSPS) is 14.3. The van der Waals surface area contributed by atoms with E-state index in [-0.39, 0.29) is 0 Å². The molecule has 56 valence electrons. The minimum absolute atomic E-state index is 0.741. The summed E-state index contributed by atoms with van der Waals surface area (Å²) >= 11 is 2.40. The van der Waals surface area contributed by atoms with Crippen molar-refractivity contribution in [2.45, 2.75) is 20.3 Å². The molecule has 0 amide bonds. The fourth-order valence-electron chi connectivity index (χ4n) is 0.889. The van der Waals surface area contributed by atoms with Crippen LogP contribution in [0.4, 0.5) is 0 Å². The molecule has 0 bridgehead atoms. The molecule has 1 atom stereocenters. The van der Waals surface area contributed by atoms with E-state index in [0.717, 1.165) is 18.4 Å². The Labute approximate surface area is 71.5 Å². The maximum atomic E-state index is 5.53. The Bertz CT molecular complexity index is 59.9. The standard InChI is InChI=1S/C7H16IN/c1-6(2)3-7(4-8)5-9/h6-7H,3-5,9H2,1-2H3. The molecule has 0 saturated heterocycles. The molecule has 0 aliphatic carbocycles. The molecule has 0 fully saturated rings. The Morgan fingerprint density at radius 3 is 2.11 bits per heavy atom. The van der Waals surface area contributed by atoms with Crippen molar-refractivity contribution in [3.05, 3.63) is 0 Å². The molecule has 0 aromatic heterocycles. The van der Waals surface area contributed by atoms with Crippen LogP contribution in [0.25, 0.3) is 0 Å². The van der Waals surface area contributed by atoms with E-state index in [2.05, 4.69) is 36.4 Å². The topological polar surface area (TPSA) is 26.0 Å². The van der Waals surface area contributed by atoms with E-state index in [1.165, 1.54) is 10.8 Å². The highest BCUT2D eigenvalue weighted by molar-refractivity contribution is 14.1. The van der Waals surface area contributed by atoms with Gasteiger partial charge in [0.15, 0.2) is 0 Å². The van der Waals surface area contributed by atoms with Crippen molar-refractivity contribution >= 4 is 22.6 Å². The highest BCUT2D eigenvalue weighted by atomic mass is 127. The summed E-state index contributed by atoms with van der Waals surface area (Å²) in [6, 6.07) is 0. The van der Waals surface area contributed by atoms with Crippen LogP contribution in [0, 0.1) is 11.8 Å². The number of nitrogens with two attached hydrogens (primary N) is 1. The predicted octanol–water partition coefficient (Wildman–Crippen LogP) is 2.04. The Kier molecular flexibility index (Phi) is 5.89. The number of alkyl halides is 1. The van der Waals surface area contributed by atoms with Gasteiger partial charge in [0.1, 0.15) is 0 Å². The van der Waals surface area contributed by atoms with Gasteiger partial charge in [0.25, 0.3) is 0 Å². The van der Waals surface area contributed by atoms with E-state index >= 15 is 0 Å². The molecule has 0 spiro atoms. The highest BCUT2D eigenvalue weighted by Gasteiger charge is 2.05. The molecular weight excluding hydrogens is 225 g/mol. The zero-order valence-electron chi connectivity index (χ0n) is 6.23. The summed E-state index contributed by atoms with van der Waals surface area (Å²) in [5, 5.41) is 0. The summed E-state index contributed by atoms with van der Waals surface area (Å²) in [4.78, 5) is 0. The lowest BCUT2D eigenvalue weighted by Gasteiger charge is -2.12. The van der Waals surface area contributed by atoms with Crippen LogP contribution < -0.4 is 5.73 Å². The first-order valence-electron chi connectivity index (χ1n) is 3.46. The quantitative estimate of drug-likeness (QED) is 0.591. The monoisotopic (exact) mass is 241 g/mol. The fraction of sp³-hybridized carbons (Fsp3) is 1.00. The van der Waals surface area contributed by atoms with Crippen LogP contribution in [0.1, 0.15) is 20.3 Å². The van der Waals surface area contributed by atoms with Crippen LogP contribution in [0.3, 0.4) is 0 Å². The molecule has 0 aromatic carbocycles. The summed E-state index contributed by atoms with van der Waals surface area (Å²) in [5.74, 6) is 1.54. The first-order chi connectivity index (χ1) is 4.20. The summed E-state index contributed by atoms with van der Waals surface area (Å²) in [6.07, 6.45) is 1.28. The lowest BCUT2D eigenvalue weighted by atomic mass is 9.99. The van der Waals surface area contributed by atoms with Gasteiger partial charge in [0, 0.05) is 4.43 Å². The average Bonchev–Trinajstić information content (AvgIpc) is 1.82. The van der Waals surface area contributed by atoms with Gasteiger partial charge in [-0.15, -0.1) is 0 Å². The molecule has 2 N–H and O–H groups in total. The molecule has 0 rings (SSSR count). The Morgan fingerprint density at radius 2 is 2.00 bits per heavy atom. The maximum absolute atomic E-state index is 5.53. The third kappa shape index (κ3) is 5.15. The minimum Gasteiger partial charge on any atom is -0.330 e. The lowest BCUT2D eigenvalue weighted by Crippen LogP contribution is -2.17. The van der Waals surface area contributed by atoms with Crippen LogP contribution in [-0.2, 0) is 0 Å². The van der Waals surface area contributed by atoms with Crippen molar-refractivity contribution in [3.8, 4) is 0 Å². The molecule has 0 aliphatic rings. The molecule has 9 heavy (non-hydrogen) atoms. The highest BCUT2D eigenvalue weighted by Crippen LogP contribution is 2.12. The zero-order valence-corrected chi connectivity index (χ0v) is 8.39. The smallest absolute Gasteiger partial charge is 0.00358 e. The van der Waals surface area contributed by atoms with Gasteiger partial charge in [-0.3, -0.25) is 0 Å². The molecule has 0 aliphatic heterocycles. The Hall–Kier alpha value is 0.690. The molecular formula is C7H16IN. The van der Waals surface area contributed by atoms with Crippen molar-refractivity contribution < 1.29 is 0 Å². The minimum atomic E-state index is 0.741. The molecule has 0 saturated carbocycles. The van der Waals surface area contributed by atoms with E-state index in [0.29, 0.717) is 0 Å². The fourth-order valence-corrected chi connectivity index (χ4v) is 1.61. The maximum Gasteiger partial charge on any atom is 0.00358 e. The lowest BCUT2D eigenvalue weighted by molar-refractivity contribution is 0.457. The first kappa shape index (κ1) is 9.69. The Balaban J connectivity index is 3.31. The van der Waals surface area contributed by atoms with E-state index in [9.17, 15) is 0 Å². The van der Waals surface area contributed by atoms with Gasteiger partial charge in [0.05, 0.1) is 0 Å². The Morgan fingerprint density at radius 1 is 1.44 bits per heavy atom. The van der Waals surface area contributed by atoms with E-state index in [1.807, 2.05) is 0 Å². The second-order valence-electron chi connectivity index (χ2n) is 2.89. The van der Waals surface area contributed by atoms with Crippen molar-refractivity contribution in [1.29, 1.82) is 0 Å². The molecule has 0 radical (unpaired) electrons. The van der Waals surface area contributed by atoms with Gasteiger partial charge in [-0.25, -0.2) is 0 Å². The van der Waals surface area contributed by atoms with Gasteiger partial charge in [-0.05, 0) is 24.8 Å². The first-order valence-corrected chi connectivity index (χ1v) is 4.99. The number of hydrogen-bond acceptors (Lipinski definition) is 1. The predicted molar refractivity (Wildman–Crippen MR) is 50.9 cm³/mol. The second kappa shape index (κ2) is 5.47. The SMILES string of the molecule is CC(C)CC(CN)CI. The van der Waals surface area contributed by atoms with Crippen LogP contribution in [0.2, 0.25) is 0 Å². The number of hydrogen-bond donors (Lipinski definition) is 1. The molecule has 0 aromatic rings. The van der Waals surface area contributed by atoms with E-state index in [4.69, 9.17) is 5.73 Å². The molecule has 0 heterocycles. The second-order valence-corrected chi connectivity index (χ2v) is 3.77. The summed E-state index contributed by atoms with van der Waals surface area (Å²) in [5.41, 5.74) is 5.53. The van der Waals surface area contributed by atoms with Crippen LogP contribution in [0.15, 0.2) is 0 Å². The number of rotatable bonds is 4. The summed E-state index contributed by atoms with van der Waals surface area (Å²) in [6.45, 7) is 5.34. The van der Waals surface area contributed by atoms with Crippen molar-refractivity contribution in [3.63, 3.8) is 0 Å². The van der Waals surface area contributed by atoms with Gasteiger partial charge in [0.2, 0.25) is 0 Å². The van der Waals surface area contributed by atoms with E-state index < -0.39 is 0 Å². The van der Waals surface area contributed by atoms with Crippen LogP contribution in [-0.4, -0.2) is 11.0 Å². The van der Waals surface area contributed by atoms with Gasteiger partial charge >= 0.3 is 0 Å². The van der Waals surface area contributed by atoms with E-state index in [1.54, 1.807) is 0 Å².